The van der Waals surface area contributed by atoms with Gasteiger partial charge in [0.05, 0.1) is 5.39 Å². The maximum atomic E-state index is 12.6. The molecule has 2 aliphatic rings. The largest absolute Gasteiger partial charge is 0.444 e. The first-order chi connectivity index (χ1) is 16.1. The van der Waals surface area contributed by atoms with Crippen molar-refractivity contribution in [2.24, 2.45) is 0 Å². The molecule has 7 nitrogen and oxygen atoms in total. The predicted octanol–water partition coefficient (Wildman–Crippen LogP) is 6.05. The van der Waals surface area contributed by atoms with Crippen LogP contribution in [0.4, 0.5) is 10.6 Å². The number of hydrogen-bond donors (Lipinski definition) is 0. The molecule has 1 aliphatic carbocycles. The third-order valence-electron chi connectivity index (χ3n) is 6.29. The molecule has 0 unspecified atom stereocenters. The summed E-state index contributed by atoms with van der Waals surface area (Å²) < 4.78 is 7.65. The molecule has 1 atom stereocenters. The lowest BCUT2D eigenvalue weighted by molar-refractivity contribution is 0.0218. The van der Waals surface area contributed by atoms with Gasteiger partial charge in [0, 0.05) is 47.6 Å². The van der Waals surface area contributed by atoms with Crippen molar-refractivity contribution in [3.63, 3.8) is 0 Å². The highest BCUT2D eigenvalue weighted by atomic mass is 35.5. The minimum Gasteiger partial charge on any atom is -0.444 e. The van der Waals surface area contributed by atoms with Crippen molar-refractivity contribution in [1.82, 2.24) is 19.4 Å². The average molecular weight is 502 g/mol. The van der Waals surface area contributed by atoms with Crippen molar-refractivity contribution in [3.05, 3.63) is 46.3 Å². The number of benzene rings is 1. The zero-order chi connectivity index (χ0) is 24.2. The van der Waals surface area contributed by atoms with Crippen LogP contribution in [0.1, 0.15) is 52.0 Å². The van der Waals surface area contributed by atoms with E-state index in [2.05, 4.69) is 27.6 Å². The molecule has 2 aromatic heterocycles. The number of nitrogens with zero attached hydrogens (tertiary/aromatic N) is 5. The molecular weight excluding hydrogens is 473 g/mol. The highest BCUT2D eigenvalue weighted by Gasteiger charge is 2.34. The van der Waals surface area contributed by atoms with Crippen molar-refractivity contribution in [3.8, 4) is 5.69 Å². The molecule has 9 heteroatoms. The molecule has 1 aliphatic heterocycles. The topological polar surface area (TPSA) is 63.5 Å². The second-order valence-electron chi connectivity index (χ2n) is 10.2. The van der Waals surface area contributed by atoms with Gasteiger partial charge in [-0.15, -0.1) is 0 Å². The first-order valence-electron chi connectivity index (χ1n) is 11.7. The molecule has 3 aromatic rings. The fourth-order valence-electron chi connectivity index (χ4n) is 4.63. The minimum atomic E-state index is -0.512. The Morgan fingerprint density at radius 1 is 1.09 bits per heavy atom. The van der Waals surface area contributed by atoms with Crippen molar-refractivity contribution in [2.75, 3.05) is 24.5 Å². The van der Waals surface area contributed by atoms with Crippen LogP contribution in [0.25, 0.3) is 16.7 Å². The summed E-state index contributed by atoms with van der Waals surface area (Å²) in [5, 5.41) is 2.23. The number of ether oxygens (including phenoxy) is 1. The van der Waals surface area contributed by atoms with Gasteiger partial charge >= 0.3 is 6.09 Å². The summed E-state index contributed by atoms with van der Waals surface area (Å²) in [6.07, 6.45) is 5.82. The molecule has 1 saturated heterocycles. The van der Waals surface area contributed by atoms with Crippen LogP contribution in [-0.2, 0) is 4.74 Å². The molecule has 1 aromatic carbocycles. The van der Waals surface area contributed by atoms with Crippen LogP contribution in [0.5, 0.6) is 0 Å². The fraction of sp³-hybridized carbons (Fsp3) is 0.480. The van der Waals surface area contributed by atoms with Gasteiger partial charge in [-0.3, -0.25) is 0 Å². The summed E-state index contributed by atoms with van der Waals surface area (Å²) in [6, 6.07) is 5.60. The number of fused-ring (bicyclic) bond motifs is 1. The smallest absolute Gasteiger partial charge is 0.410 e. The monoisotopic (exact) mass is 501 g/mol. The first-order valence-corrected chi connectivity index (χ1v) is 12.4. The maximum Gasteiger partial charge on any atom is 0.410 e. The van der Waals surface area contributed by atoms with Crippen LogP contribution in [0.2, 0.25) is 10.0 Å². The van der Waals surface area contributed by atoms with Crippen LogP contribution in [-0.4, -0.2) is 56.8 Å². The molecular formula is C25H29Cl2N5O2. The number of aromatic nitrogens is 3. The maximum absolute atomic E-state index is 12.6. The fourth-order valence-corrected chi connectivity index (χ4v) is 5.15. The summed E-state index contributed by atoms with van der Waals surface area (Å²) in [5.41, 5.74) is 2.46. The van der Waals surface area contributed by atoms with Gasteiger partial charge in [0.15, 0.2) is 0 Å². The third-order valence-corrected chi connectivity index (χ3v) is 6.72. The van der Waals surface area contributed by atoms with E-state index >= 15 is 0 Å². The quantitative estimate of drug-likeness (QED) is 0.436. The summed E-state index contributed by atoms with van der Waals surface area (Å²) in [7, 11) is 0. The van der Waals surface area contributed by atoms with Crippen LogP contribution in [0, 0.1) is 0 Å². The van der Waals surface area contributed by atoms with Crippen molar-refractivity contribution >= 4 is 46.1 Å². The van der Waals surface area contributed by atoms with E-state index in [0.29, 0.717) is 35.6 Å². The zero-order valence-corrected chi connectivity index (χ0v) is 21.4. The van der Waals surface area contributed by atoms with Gasteiger partial charge in [0.2, 0.25) is 0 Å². The Morgan fingerprint density at radius 2 is 1.79 bits per heavy atom. The minimum absolute atomic E-state index is 0.0791. The van der Waals surface area contributed by atoms with Gasteiger partial charge in [0.1, 0.15) is 23.4 Å². The Bertz CT molecular complexity index is 1230. The molecule has 0 bridgehead atoms. The second-order valence-corrected chi connectivity index (χ2v) is 11.1. The van der Waals surface area contributed by atoms with Crippen molar-refractivity contribution < 1.29 is 9.53 Å². The summed E-state index contributed by atoms with van der Waals surface area (Å²) >= 11 is 12.6. The summed E-state index contributed by atoms with van der Waals surface area (Å²) in [4.78, 5) is 26.1. The zero-order valence-electron chi connectivity index (χ0n) is 19.9. The van der Waals surface area contributed by atoms with Crippen molar-refractivity contribution in [1.29, 1.82) is 0 Å². The number of carbonyl (C=O) groups is 1. The average Bonchev–Trinajstić information content (AvgIpc) is 3.51. The third kappa shape index (κ3) is 4.56. The molecule has 180 valence electrons. The second kappa shape index (κ2) is 8.61. The molecule has 0 spiro atoms. The normalized spacial score (nSPS) is 19.1. The Balaban J connectivity index is 1.51. The van der Waals surface area contributed by atoms with E-state index in [-0.39, 0.29) is 12.1 Å². The number of amides is 1. The lowest BCUT2D eigenvalue weighted by Crippen LogP contribution is -2.54. The number of anilines is 1. The molecule has 3 heterocycles. The van der Waals surface area contributed by atoms with Crippen molar-refractivity contribution in [2.45, 2.75) is 58.1 Å². The standard InChI is InChI=1S/C25H29Cl2N5O2/c1-15-12-30(24(33)34-25(2,3)4)7-8-31(15)22-21-20(16-5-6-16)13-32(23(21)29-14-28-22)19-10-17(26)9-18(27)11-19/h9-11,13-16H,5-8,12H2,1-4H3/t15-/m0/s1. The highest BCUT2D eigenvalue weighted by Crippen LogP contribution is 2.46. The highest BCUT2D eigenvalue weighted by molar-refractivity contribution is 6.34. The van der Waals surface area contributed by atoms with Gasteiger partial charge in [-0.25, -0.2) is 14.8 Å². The molecule has 0 radical (unpaired) electrons. The van der Waals surface area contributed by atoms with E-state index in [1.807, 2.05) is 32.9 Å². The molecule has 1 saturated carbocycles. The summed E-state index contributed by atoms with van der Waals surface area (Å²) in [6.45, 7) is 9.61. The predicted molar refractivity (Wildman–Crippen MR) is 135 cm³/mol. The summed E-state index contributed by atoms with van der Waals surface area (Å²) in [5.74, 6) is 1.41. The van der Waals surface area contributed by atoms with E-state index in [1.54, 1.807) is 17.3 Å². The number of piperazine rings is 1. The molecule has 0 N–H and O–H groups in total. The van der Waals surface area contributed by atoms with Crippen LogP contribution in [0.15, 0.2) is 30.7 Å². The van der Waals surface area contributed by atoms with Gasteiger partial charge < -0.3 is 19.1 Å². The van der Waals surface area contributed by atoms with Gasteiger partial charge in [-0.2, -0.15) is 0 Å². The Hall–Kier alpha value is -2.51. The molecule has 1 amide bonds. The number of rotatable bonds is 3. The van der Waals surface area contributed by atoms with E-state index < -0.39 is 5.60 Å². The van der Waals surface area contributed by atoms with E-state index in [0.717, 1.165) is 35.4 Å². The lowest BCUT2D eigenvalue weighted by atomic mass is 10.1. The Kier molecular flexibility index (Phi) is 5.89. The van der Waals surface area contributed by atoms with E-state index in [4.69, 9.17) is 32.9 Å². The molecule has 34 heavy (non-hydrogen) atoms. The van der Waals surface area contributed by atoms with Crippen LogP contribution < -0.4 is 4.90 Å². The number of halogens is 2. The number of hydrogen-bond acceptors (Lipinski definition) is 5. The van der Waals surface area contributed by atoms with Gasteiger partial charge in [-0.1, -0.05) is 23.2 Å². The van der Waals surface area contributed by atoms with Crippen LogP contribution in [0.3, 0.4) is 0 Å². The molecule has 5 rings (SSSR count). The number of carbonyl (C=O) groups excluding carboxylic acids is 1. The van der Waals surface area contributed by atoms with Gasteiger partial charge in [0.25, 0.3) is 0 Å². The van der Waals surface area contributed by atoms with E-state index in [9.17, 15) is 4.79 Å². The van der Waals surface area contributed by atoms with Gasteiger partial charge in [-0.05, 0) is 70.2 Å². The Morgan fingerprint density at radius 3 is 2.41 bits per heavy atom. The first kappa shape index (κ1) is 23.2. The Labute approximate surface area is 209 Å². The van der Waals surface area contributed by atoms with E-state index in [1.165, 1.54) is 5.56 Å². The molecule has 2 fully saturated rings. The van der Waals surface area contributed by atoms with Crippen LogP contribution >= 0.6 is 23.2 Å². The SMILES string of the molecule is C[C@H]1CN(C(=O)OC(C)(C)C)CCN1c1ncnc2c1c(C1CC1)cn2-c1cc(Cl)cc(Cl)c1. The lowest BCUT2D eigenvalue weighted by Gasteiger charge is -2.41.